The Morgan fingerprint density at radius 2 is 1.81 bits per heavy atom. The molecule has 27 heavy (non-hydrogen) atoms. The number of likely N-dealkylation sites (N-methyl/N-ethyl adjacent to an activating group) is 1. The summed E-state index contributed by atoms with van der Waals surface area (Å²) in [6.07, 6.45) is 1.78. The summed E-state index contributed by atoms with van der Waals surface area (Å²) >= 11 is 1.58. The first-order chi connectivity index (χ1) is 13.2. The van der Waals surface area contributed by atoms with Crippen LogP contribution in [0.25, 0.3) is 10.6 Å². The molecule has 1 N–H and O–H groups in total. The van der Waals surface area contributed by atoms with Gasteiger partial charge in [-0.15, -0.1) is 11.3 Å². The highest BCUT2D eigenvalue weighted by atomic mass is 32.1. The van der Waals surface area contributed by atoms with Gasteiger partial charge in [0.05, 0.1) is 13.7 Å². The molecule has 0 bridgehead atoms. The van der Waals surface area contributed by atoms with Crippen LogP contribution in [0.3, 0.4) is 0 Å². The van der Waals surface area contributed by atoms with Crippen LogP contribution in [-0.4, -0.2) is 43.2 Å². The SMILES string of the molecule is COc1ccc(OCCN(C)C(=O)Nc2ccc(-c3nccs3)cc2)cc1. The van der Waals surface area contributed by atoms with Gasteiger partial charge in [0.25, 0.3) is 0 Å². The van der Waals surface area contributed by atoms with Crippen molar-refractivity contribution in [2.45, 2.75) is 0 Å². The average Bonchev–Trinajstić information content (AvgIpc) is 3.24. The molecule has 0 fully saturated rings. The van der Waals surface area contributed by atoms with Crippen LogP contribution in [0.2, 0.25) is 0 Å². The molecule has 0 aliphatic rings. The van der Waals surface area contributed by atoms with Crippen LogP contribution in [0.15, 0.2) is 60.1 Å². The first-order valence-corrected chi connectivity index (χ1v) is 9.32. The molecule has 0 saturated heterocycles. The Kier molecular flexibility index (Phi) is 6.27. The summed E-state index contributed by atoms with van der Waals surface area (Å²) in [6, 6.07) is 14.8. The molecule has 6 nitrogen and oxygen atoms in total. The first kappa shape index (κ1) is 18.7. The molecule has 2 aromatic carbocycles. The highest BCUT2D eigenvalue weighted by Gasteiger charge is 2.09. The van der Waals surface area contributed by atoms with Crippen molar-refractivity contribution in [3.05, 3.63) is 60.1 Å². The van der Waals surface area contributed by atoms with Gasteiger partial charge in [0.15, 0.2) is 0 Å². The molecule has 1 heterocycles. The molecule has 0 unspecified atom stereocenters. The fourth-order valence-corrected chi connectivity index (χ4v) is 3.00. The number of aromatic nitrogens is 1. The minimum absolute atomic E-state index is 0.185. The van der Waals surface area contributed by atoms with E-state index in [-0.39, 0.29) is 6.03 Å². The third-order valence-corrected chi connectivity index (χ3v) is 4.74. The molecule has 3 aromatic rings. The standard InChI is InChI=1S/C20H21N3O3S/c1-23(12-13-26-18-9-7-17(25-2)8-10-18)20(24)22-16-5-3-15(4-6-16)19-21-11-14-27-19/h3-11,14H,12-13H2,1-2H3,(H,22,24). The molecule has 0 aliphatic carbocycles. The molecule has 0 saturated carbocycles. The third kappa shape index (κ3) is 5.21. The summed E-state index contributed by atoms with van der Waals surface area (Å²) < 4.78 is 10.8. The van der Waals surface area contributed by atoms with Crippen molar-refractivity contribution in [3.63, 3.8) is 0 Å². The Balaban J connectivity index is 1.45. The second-order valence-corrected chi connectivity index (χ2v) is 6.68. The molecule has 0 atom stereocenters. The highest BCUT2D eigenvalue weighted by Crippen LogP contribution is 2.23. The van der Waals surface area contributed by atoms with Crippen LogP contribution in [0.5, 0.6) is 11.5 Å². The van der Waals surface area contributed by atoms with Crippen LogP contribution in [0.1, 0.15) is 0 Å². The molecular formula is C20H21N3O3S. The Morgan fingerprint density at radius 1 is 1.11 bits per heavy atom. The number of carbonyl (C=O) groups is 1. The van der Waals surface area contributed by atoms with Gasteiger partial charge in [-0.3, -0.25) is 0 Å². The van der Waals surface area contributed by atoms with E-state index in [0.717, 1.165) is 27.8 Å². The zero-order valence-electron chi connectivity index (χ0n) is 15.2. The van der Waals surface area contributed by atoms with Gasteiger partial charge in [0, 0.05) is 29.9 Å². The van der Waals surface area contributed by atoms with Crippen LogP contribution >= 0.6 is 11.3 Å². The maximum atomic E-state index is 12.3. The van der Waals surface area contributed by atoms with E-state index in [2.05, 4.69) is 10.3 Å². The number of nitrogens with zero attached hydrogens (tertiary/aromatic N) is 2. The number of anilines is 1. The number of methoxy groups -OCH3 is 1. The largest absolute Gasteiger partial charge is 0.497 e. The summed E-state index contributed by atoms with van der Waals surface area (Å²) in [5, 5.41) is 5.77. The van der Waals surface area contributed by atoms with Crippen LogP contribution in [0, 0.1) is 0 Å². The number of benzene rings is 2. The molecule has 7 heteroatoms. The predicted octanol–water partition coefficient (Wildman–Crippen LogP) is 4.36. The van der Waals surface area contributed by atoms with Gasteiger partial charge in [-0.1, -0.05) is 0 Å². The summed E-state index contributed by atoms with van der Waals surface area (Å²) in [5.41, 5.74) is 1.77. The van der Waals surface area contributed by atoms with E-state index in [4.69, 9.17) is 9.47 Å². The number of nitrogens with one attached hydrogen (secondary N) is 1. The van der Waals surface area contributed by atoms with Crippen molar-refractivity contribution < 1.29 is 14.3 Å². The fourth-order valence-electron chi connectivity index (χ4n) is 2.35. The Labute approximate surface area is 162 Å². The van der Waals surface area contributed by atoms with Crippen molar-refractivity contribution in [1.82, 2.24) is 9.88 Å². The molecule has 0 spiro atoms. The van der Waals surface area contributed by atoms with Crippen LogP contribution in [-0.2, 0) is 0 Å². The number of hydrogen-bond acceptors (Lipinski definition) is 5. The lowest BCUT2D eigenvalue weighted by Gasteiger charge is -2.18. The van der Waals surface area contributed by atoms with Gasteiger partial charge >= 0.3 is 6.03 Å². The number of rotatable bonds is 7. The molecule has 2 amide bonds. The van der Waals surface area contributed by atoms with E-state index < -0.39 is 0 Å². The Morgan fingerprint density at radius 3 is 2.44 bits per heavy atom. The number of thiazole rings is 1. The van der Waals surface area contributed by atoms with Gasteiger partial charge in [-0.2, -0.15) is 0 Å². The Bertz CT molecular complexity index is 849. The van der Waals surface area contributed by atoms with Crippen molar-refractivity contribution in [1.29, 1.82) is 0 Å². The predicted molar refractivity (Wildman–Crippen MR) is 108 cm³/mol. The second-order valence-electron chi connectivity index (χ2n) is 5.79. The molecule has 0 radical (unpaired) electrons. The average molecular weight is 383 g/mol. The number of amides is 2. The number of carbonyl (C=O) groups excluding carboxylic acids is 1. The maximum Gasteiger partial charge on any atom is 0.321 e. The quantitative estimate of drug-likeness (QED) is 0.658. The van der Waals surface area contributed by atoms with E-state index in [1.165, 1.54) is 0 Å². The van der Waals surface area contributed by atoms with Gasteiger partial charge in [-0.25, -0.2) is 9.78 Å². The van der Waals surface area contributed by atoms with E-state index >= 15 is 0 Å². The lowest BCUT2D eigenvalue weighted by Crippen LogP contribution is -2.34. The lowest BCUT2D eigenvalue weighted by molar-refractivity contribution is 0.207. The zero-order valence-corrected chi connectivity index (χ0v) is 16.0. The number of ether oxygens (including phenoxy) is 2. The number of hydrogen-bond donors (Lipinski definition) is 1. The molecule has 140 valence electrons. The zero-order chi connectivity index (χ0) is 19.1. The summed E-state index contributed by atoms with van der Waals surface area (Å²) in [6.45, 7) is 0.869. The van der Waals surface area contributed by atoms with Crippen LogP contribution in [0.4, 0.5) is 10.5 Å². The van der Waals surface area contributed by atoms with Crippen molar-refractivity contribution in [3.8, 4) is 22.1 Å². The van der Waals surface area contributed by atoms with Crippen molar-refractivity contribution in [2.75, 3.05) is 32.6 Å². The molecule has 0 aliphatic heterocycles. The second kappa shape index (κ2) is 9.05. The Hall–Kier alpha value is -3.06. The summed E-state index contributed by atoms with van der Waals surface area (Å²) in [7, 11) is 3.35. The monoisotopic (exact) mass is 383 g/mol. The van der Waals surface area contributed by atoms with Crippen LogP contribution < -0.4 is 14.8 Å². The minimum Gasteiger partial charge on any atom is -0.497 e. The topological polar surface area (TPSA) is 63.7 Å². The van der Waals surface area contributed by atoms with E-state index in [9.17, 15) is 4.79 Å². The van der Waals surface area contributed by atoms with Gasteiger partial charge in [-0.05, 0) is 48.5 Å². The third-order valence-electron chi connectivity index (χ3n) is 3.92. The smallest absolute Gasteiger partial charge is 0.321 e. The van der Waals surface area contributed by atoms with E-state index in [1.807, 2.05) is 53.9 Å². The van der Waals surface area contributed by atoms with Gasteiger partial charge in [0.2, 0.25) is 0 Å². The van der Waals surface area contributed by atoms with Crippen molar-refractivity contribution >= 4 is 23.1 Å². The number of urea groups is 1. The fraction of sp³-hybridized carbons (Fsp3) is 0.200. The van der Waals surface area contributed by atoms with Gasteiger partial charge < -0.3 is 19.7 Å². The van der Waals surface area contributed by atoms with Gasteiger partial charge in [0.1, 0.15) is 23.1 Å². The lowest BCUT2D eigenvalue weighted by atomic mass is 10.2. The highest BCUT2D eigenvalue weighted by molar-refractivity contribution is 7.13. The molecule has 3 rings (SSSR count). The van der Waals surface area contributed by atoms with Crippen molar-refractivity contribution in [2.24, 2.45) is 0 Å². The van der Waals surface area contributed by atoms with E-state index in [0.29, 0.717) is 13.2 Å². The molecule has 1 aromatic heterocycles. The summed E-state index contributed by atoms with van der Waals surface area (Å²) in [5.74, 6) is 1.52. The minimum atomic E-state index is -0.185. The first-order valence-electron chi connectivity index (χ1n) is 8.44. The normalized spacial score (nSPS) is 10.3. The van der Waals surface area contributed by atoms with E-state index in [1.54, 1.807) is 36.6 Å². The molecular weight excluding hydrogens is 362 g/mol. The summed E-state index contributed by atoms with van der Waals surface area (Å²) in [4.78, 5) is 18.1. The maximum absolute atomic E-state index is 12.3.